The van der Waals surface area contributed by atoms with E-state index in [-0.39, 0.29) is 16.8 Å². The minimum Gasteiger partial charge on any atom is -0.352 e. The van der Waals surface area contributed by atoms with Crippen LogP contribution in [0.25, 0.3) is 0 Å². The molecule has 2 rings (SSSR count). The molecule has 1 aliphatic carbocycles. The van der Waals surface area contributed by atoms with Gasteiger partial charge < -0.3 is 11.1 Å². The summed E-state index contributed by atoms with van der Waals surface area (Å²) in [7, 11) is -3.70. The molecule has 0 bridgehead atoms. The Morgan fingerprint density at radius 2 is 2.09 bits per heavy atom. The quantitative estimate of drug-likeness (QED) is 0.741. The highest BCUT2D eigenvalue weighted by Crippen LogP contribution is 2.26. The molecule has 122 valence electrons. The fraction of sp³-hybridized carbons (Fsp3) is 0.533. The molecule has 22 heavy (non-hydrogen) atoms. The van der Waals surface area contributed by atoms with E-state index in [1.165, 1.54) is 6.07 Å². The number of benzene rings is 1. The first kappa shape index (κ1) is 16.9. The van der Waals surface area contributed by atoms with E-state index in [4.69, 9.17) is 10.9 Å². The molecular weight excluding hydrogens is 302 g/mol. The Hall–Kier alpha value is -1.44. The minimum atomic E-state index is -3.70. The summed E-state index contributed by atoms with van der Waals surface area (Å²) >= 11 is 0. The molecule has 2 atom stereocenters. The summed E-state index contributed by atoms with van der Waals surface area (Å²) in [6.07, 6.45) is 3.42. The lowest BCUT2D eigenvalue weighted by atomic mass is 10.0. The van der Waals surface area contributed by atoms with Crippen molar-refractivity contribution in [1.29, 1.82) is 0 Å². The summed E-state index contributed by atoms with van der Waals surface area (Å²) in [6.45, 7) is 2.06. The zero-order chi connectivity index (χ0) is 16.3. The predicted octanol–water partition coefficient (Wildman–Crippen LogP) is 0.776. The Bertz CT molecular complexity index is 658. The van der Waals surface area contributed by atoms with Gasteiger partial charge >= 0.3 is 0 Å². The van der Waals surface area contributed by atoms with Gasteiger partial charge in [0.05, 0.1) is 4.90 Å². The molecule has 0 radical (unpaired) electrons. The second-order valence-electron chi connectivity index (χ2n) is 6.06. The van der Waals surface area contributed by atoms with E-state index in [0.717, 1.165) is 24.8 Å². The molecule has 0 unspecified atom stereocenters. The van der Waals surface area contributed by atoms with Crippen LogP contribution in [-0.2, 0) is 21.4 Å². The Morgan fingerprint density at radius 1 is 1.36 bits per heavy atom. The molecule has 0 spiro atoms. The van der Waals surface area contributed by atoms with Gasteiger partial charge in [-0.3, -0.25) is 4.79 Å². The van der Waals surface area contributed by atoms with Crippen LogP contribution in [0.3, 0.4) is 0 Å². The van der Waals surface area contributed by atoms with Gasteiger partial charge in [0.1, 0.15) is 0 Å². The Morgan fingerprint density at radius 3 is 2.64 bits per heavy atom. The SMILES string of the molecule is Cc1cc(CNC(=O)C[C@@H]2CC[C@H](N)C2)ccc1S(N)(=O)=O. The van der Waals surface area contributed by atoms with Crippen LogP contribution in [-0.4, -0.2) is 20.4 Å². The number of aryl methyl sites for hydroxylation is 1. The molecular formula is C15H23N3O3S. The van der Waals surface area contributed by atoms with E-state index in [0.29, 0.717) is 24.4 Å². The minimum absolute atomic E-state index is 0.00674. The zero-order valence-corrected chi connectivity index (χ0v) is 13.5. The van der Waals surface area contributed by atoms with Crippen molar-refractivity contribution < 1.29 is 13.2 Å². The van der Waals surface area contributed by atoms with E-state index >= 15 is 0 Å². The number of nitrogens with two attached hydrogens (primary N) is 2. The Balaban J connectivity index is 1.89. The molecule has 1 saturated carbocycles. The van der Waals surface area contributed by atoms with Crippen molar-refractivity contribution in [3.63, 3.8) is 0 Å². The van der Waals surface area contributed by atoms with Gasteiger partial charge in [-0.15, -0.1) is 0 Å². The number of carbonyl (C=O) groups is 1. The van der Waals surface area contributed by atoms with Gasteiger partial charge in [-0.25, -0.2) is 13.6 Å². The normalized spacial score (nSPS) is 21.8. The molecule has 0 aromatic heterocycles. The summed E-state index contributed by atoms with van der Waals surface area (Å²) in [5.41, 5.74) is 7.27. The van der Waals surface area contributed by atoms with Crippen molar-refractivity contribution in [2.24, 2.45) is 16.8 Å². The third kappa shape index (κ3) is 4.53. The number of hydrogen-bond donors (Lipinski definition) is 3. The third-order valence-corrected chi connectivity index (χ3v) is 5.16. The maximum absolute atomic E-state index is 11.9. The number of amides is 1. The summed E-state index contributed by atoms with van der Waals surface area (Å²) in [4.78, 5) is 12.0. The largest absolute Gasteiger partial charge is 0.352 e. The van der Waals surface area contributed by atoms with E-state index in [9.17, 15) is 13.2 Å². The highest BCUT2D eigenvalue weighted by molar-refractivity contribution is 7.89. The number of primary sulfonamides is 1. The fourth-order valence-electron chi connectivity index (χ4n) is 2.97. The number of carbonyl (C=O) groups excluding carboxylic acids is 1. The van der Waals surface area contributed by atoms with Crippen LogP contribution in [0.4, 0.5) is 0 Å². The summed E-state index contributed by atoms with van der Waals surface area (Å²) in [5, 5.41) is 7.99. The van der Waals surface area contributed by atoms with Crippen LogP contribution in [0.2, 0.25) is 0 Å². The molecule has 1 amide bonds. The first-order valence-electron chi connectivity index (χ1n) is 7.40. The number of hydrogen-bond acceptors (Lipinski definition) is 4. The van der Waals surface area contributed by atoms with Crippen LogP contribution in [0.5, 0.6) is 0 Å². The molecule has 5 N–H and O–H groups in total. The molecule has 0 aliphatic heterocycles. The summed E-state index contributed by atoms with van der Waals surface area (Å²) in [6, 6.07) is 5.10. The lowest BCUT2D eigenvalue weighted by Crippen LogP contribution is -2.25. The lowest BCUT2D eigenvalue weighted by molar-refractivity contribution is -0.122. The van der Waals surface area contributed by atoms with Crippen LogP contribution in [0.1, 0.15) is 36.8 Å². The molecule has 1 fully saturated rings. The number of nitrogens with one attached hydrogen (secondary N) is 1. The highest BCUT2D eigenvalue weighted by Gasteiger charge is 2.23. The van der Waals surface area contributed by atoms with Gasteiger partial charge in [0.15, 0.2) is 0 Å². The van der Waals surface area contributed by atoms with Crippen molar-refractivity contribution in [3.05, 3.63) is 29.3 Å². The first-order valence-corrected chi connectivity index (χ1v) is 8.95. The molecule has 1 aromatic rings. The molecule has 7 heteroatoms. The summed E-state index contributed by atoms with van der Waals surface area (Å²) in [5.74, 6) is 0.383. The summed E-state index contributed by atoms with van der Waals surface area (Å²) < 4.78 is 22.7. The molecule has 6 nitrogen and oxygen atoms in total. The number of sulfonamides is 1. The Kier molecular flexibility index (Phi) is 5.20. The molecule has 0 heterocycles. The fourth-order valence-corrected chi connectivity index (χ4v) is 3.74. The van der Waals surface area contributed by atoms with Gasteiger partial charge in [-0.05, 0) is 49.3 Å². The molecule has 0 saturated heterocycles. The Labute approximate surface area is 131 Å². The second kappa shape index (κ2) is 6.76. The standard InChI is InChI=1S/C15H23N3O3S/c1-10-6-12(3-5-14(10)22(17,20)21)9-18-15(19)8-11-2-4-13(16)7-11/h3,5-6,11,13H,2,4,7-9,16H2,1H3,(H,18,19)(H2,17,20,21)/t11-,13+/m1/s1. The van der Waals surface area contributed by atoms with E-state index < -0.39 is 10.0 Å². The maximum atomic E-state index is 11.9. The van der Waals surface area contributed by atoms with Crippen molar-refractivity contribution in [1.82, 2.24) is 5.32 Å². The van der Waals surface area contributed by atoms with Crippen LogP contribution >= 0.6 is 0 Å². The van der Waals surface area contributed by atoms with Gasteiger partial charge in [-0.1, -0.05) is 12.1 Å². The van der Waals surface area contributed by atoms with Crippen LogP contribution in [0, 0.1) is 12.8 Å². The average Bonchev–Trinajstić information content (AvgIpc) is 2.80. The predicted molar refractivity (Wildman–Crippen MR) is 84.3 cm³/mol. The van der Waals surface area contributed by atoms with Crippen LogP contribution in [0.15, 0.2) is 23.1 Å². The van der Waals surface area contributed by atoms with Gasteiger partial charge in [-0.2, -0.15) is 0 Å². The van der Waals surface area contributed by atoms with Gasteiger partial charge in [0, 0.05) is 19.0 Å². The van der Waals surface area contributed by atoms with Gasteiger partial charge in [0.25, 0.3) is 0 Å². The third-order valence-electron chi connectivity index (χ3n) is 4.09. The highest BCUT2D eigenvalue weighted by atomic mass is 32.2. The van der Waals surface area contributed by atoms with Crippen molar-refractivity contribution in [2.75, 3.05) is 0 Å². The molecule has 1 aromatic carbocycles. The van der Waals surface area contributed by atoms with Crippen molar-refractivity contribution >= 4 is 15.9 Å². The average molecular weight is 325 g/mol. The number of rotatable bonds is 5. The van der Waals surface area contributed by atoms with E-state index in [1.807, 2.05) is 0 Å². The molecule has 1 aliphatic rings. The van der Waals surface area contributed by atoms with E-state index in [2.05, 4.69) is 5.32 Å². The van der Waals surface area contributed by atoms with Crippen LogP contribution < -0.4 is 16.2 Å². The smallest absolute Gasteiger partial charge is 0.238 e. The van der Waals surface area contributed by atoms with Gasteiger partial charge in [0.2, 0.25) is 15.9 Å². The lowest BCUT2D eigenvalue weighted by Gasteiger charge is -2.11. The van der Waals surface area contributed by atoms with E-state index in [1.54, 1.807) is 19.1 Å². The topological polar surface area (TPSA) is 115 Å². The van der Waals surface area contributed by atoms with Crippen molar-refractivity contribution in [3.8, 4) is 0 Å². The maximum Gasteiger partial charge on any atom is 0.238 e. The monoisotopic (exact) mass is 325 g/mol. The zero-order valence-electron chi connectivity index (χ0n) is 12.7. The second-order valence-corrected chi connectivity index (χ2v) is 7.59. The van der Waals surface area contributed by atoms with Crippen molar-refractivity contribution in [2.45, 2.75) is 50.1 Å². The first-order chi connectivity index (χ1) is 10.3.